The van der Waals surface area contributed by atoms with Crippen molar-refractivity contribution in [2.45, 2.75) is 6.42 Å². The minimum Gasteiger partial charge on any atom is -0.396 e. The highest BCUT2D eigenvalue weighted by molar-refractivity contribution is 6.06. The second-order valence-electron chi connectivity index (χ2n) is 6.42. The molecule has 0 aliphatic heterocycles. The minimum absolute atomic E-state index is 0.0149. The van der Waals surface area contributed by atoms with E-state index in [0.29, 0.717) is 18.5 Å². The molecule has 6 nitrogen and oxygen atoms in total. The van der Waals surface area contributed by atoms with E-state index in [1.165, 1.54) is 0 Å². The van der Waals surface area contributed by atoms with E-state index in [1.54, 1.807) is 30.3 Å². The second-order valence-corrected chi connectivity index (χ2v) is 6.42. The van der Waals surface area contributed by atoms with Crippen LogP contribution in [-0.4, -0.2) is 34.6 Å². The summed E-state index contributed by atoms with van der Waals surface area (Å²) in [5.74, 6) is -0.755. The van der Waals surface area contributed by atoms with Crippen molar-refractivity contribution in [3.8, 4) is 0 Å². The zero-order chi connectivity index (χ0) is 19.9. The number of carbonyl (C=O) groups is 2. The van der Waals surface area contributed by atoms with Gasteiger partial charge in [0, 0.05) is 48.4 Å². The van der Waals surface area contributed by atoms with Gasteiger partial charge in [-0.3, -0.25) is 9.59 Å². The van der Waals surface area contributed by atoms with Crippen molar-refractivity contribution in [3.05, 3.63) is 77.6 Å². The molecule has 1 heterocycles. The SMILES string of the molecule is Cn1cc(C=C(NC(=O)c2ccccc2)C(=O)NCCCO)c2ccccc21. The fraction of sp³-hybridized carbons (Fsp3) is 0.182. The molecule has 28 heavy (non-hydrogen) atoms. The van der Waals surface area contributed by atoms with Crippen LogP contribution in [0.1, 0.15) is 22.3 Å². The molecule has 6 heteroatoms. The molecule has 0 saturated carbocycles. The molecular weight excluding hydrogens is 354 g/mol. The number of amides is 2. The highest BCUT2D eigenvalue weighted by Crippen LogP contribution is 2.22. The lowest BCUT2D eigenvalue weighted by atomic mass is 10.1. The molecule has 3 rings (SSSR count). The smallest absolute Gasteiger partial charge is 0.267 e. The molecule has 3 aromatic rings. The van der Waals surface area contributed by atoms with Crippen molar-refractivity contribution in [3.63, 3.8) is 0 Å². The van der Waals surface area contributed by atoms with Crippen LogP contribution in [0, 0.1) is 0 Å². The Morgan fingerprint density at radius 3 is 2.54 bits per heavy atom. The van der Waals surface area contributed by atoms with Crippen molar-refractivity contribution < 1.29 is 14.7 Å². The maximum absolute atomic E-state index is 12.6. The quantitative estimate of drug-likeness (QED) is 0.437. The van der Waals surface area contributed by atoms with Gasteiger partial charge in [-0.15, -0.1) is 0 Å². The molecule has 0 unspecified atom stereocenters. The molecule has 0 aliphatic carbocycles. The fourth-order valence-corrected chi connectivity index (χ4v) is 2.96. The van der Waals surface area contributed by atoms with Gasteiger partial charge in [-0.05, 0) is 30.7 Å². The zero-order valence-electron chi connectivity index (χ0n) is 15.7. The average Bonchev–Trinajstić information content (AvgIpc) is 3.04. The van der Waals surface area contributed by atoms with Crippen molar-refractivity contribution in [1.82, 2.24) is 15.2 Å². The summed E-state index contributed by atoms with van der Waals surface area (Å²) in [4.78, 5) is 25.2. The number of aryl methyl sites for hydroxylation is 1. The molecule has 0 fully saturated rings. The van der Waals surface area contributed by atoms with Crippen molar-refractivity contribution in [2.24, 2.45) is 7.05 Å². The molecule has 144 valence electrons. The normalized spacial score (nSPS) is 11.4. The summed E-state index contributed by atoms with van der Waals surface area (Å²) in [5, 5.41) is 15.4. The molecule has 2 aromatic carbocycles. The molecule has 0 saturated heterocycles. The maximum atomic E-state index is 12.6. The van der Waals surface area contributed by atoms with Crippen LogP contribution in [0.25, 0.3) is 17.0 Å². The summed E-state index contributed by atoms with van der Waals surface area (Å²) >= 11 is 0. The molecule has 0 bridgehead atoms. The van der Waals surface area contributed by atoms with E-state index in [9.17, 15) is 9.59 Å². The average molecular weight is 377 g/mol. The number of benzene rings is 2. The molecule has 1 aromatic heterocycles. The fourth-order valence-electron chi connectivity index (χ4n) is 2.96. The maximum Gasteiger partial charge on any atom is 0.267 e. The molecule has 0 spiro atoms. The number of nitrogens with one attached hydrogen (secondary N) is 2. The van der Waals surface area contributed by atoms with E-state index in [1.807, 2.05) is 48.1 Å². The third-order valence-electron chi connectivity index (χ3n) is 4.38. The van der Waals surface area contributed by atoms with Gasteiger partial charge in [0.2, 0.25) is 0 Å². The summed E-state index contributed by atoms with van der Waals surface area (Å²) in [6, 6.07) is 16.6. The van der Waals surface area contributed by atoms with Gasteiger partial charge in [0.05, 0.1) is 0 Å². The first kappa shape index (κ1) is 19.4. The summed E-state index contributed by atoms with van der Waals surface area (Å²) < 4.78 is 1.97. The van der Waals surface area contributed by atoms with Crippen LogP contribution in [0.3, 0.4) is 0 Å². The van der Waals surface area contributed by atoms with Crippen LogP contribution in [0.4, 0.5) is 0 Å². The molecule has 0 radical (unpaired) electrons. The van der Waals surface area contributed by atoms with Crippen LogP contribution in [0.15, 0.2) is 66.5 Å². The largest absolute Gasteiger partial charge is 0.396 e. The number of fused-ring (bicyclic) bond motifs is 1. The first-order valence-corrected chi connectivity index (χ1v) is 9.11. The van der Waals surface area contributed by atoms with Crippen LogP contribution in [0.5, 0.6) is 0 Å². The Balaban J connectivity index is 1.94. The Labute approximate surface area is 163 Å². The van der Waals surface area contributed by atoms with Crippen molar-refractivity contribution >= 4 is 28.8 Å². The number of nitrogens with zero attached hydrogens (tertiary/aromatic N) is 1. The lowest BCUT2D eigenvalue weighted by Gasteiger charge is -2.11. The highest BCUT2D eigenvalue weighted by Gasteiger charge is 2.15. The van der Waals surface area contributed by atoms with Crippen molar-refractivity contribution in [1.29, 1.82) is 0 Å². The number of carbonyl (C=O) groups excluding carboxylic acids is 2. The zero-order valence-corrected chi connectivity index (χ0v) is 15.7. The third kappa shape index (κ3) is 4.47. The van der Waals surface area contributed by atoms with Gasteiger partial charge in [-0.2, -0.15) is 0 Å². The number of aliphatic hydroxyl groups is 1. The van der Waals surface area contributed by atoms with Crippen LogP contribution in [-0.2, 0) is 11.8 Å². The van der Waals surface area contributed by atoms with Crippen LogP contribution in [0.2, 0.25) is 0 Å². The van der Waals surface area contributed by atoms with E-state index in [4.69, 9.17) is 5.11 Å². The van der Waals surface area contributed by atoms with Gasteiger partial charge in [0.15, 0.2) is 0 Å². The van der Waals surface area contributed by atoms with Gasteiger partial charge in [0.25, 0.3) is 11.8 Å². The predicted octanol–water partition coefficient (Wildman–Crippen LogP) is 2.45. The lowest BCUT2D eigenvalue weighted by molar-refractivity contribution is -0.117. The Morgan fingerprint density at radius 2 is 1.79 bits per heavy atom. The topological polar surface area (TPSA) is 83.4 Å². The summed E-state index contributed by atoms with van der Waals surface area (Å²) in [6.07, 6.45) is 4.04. The number of aliphatic hydroxyl groups excluding tert-OH is 1. The molecule has 0 aliphatic rings. The summed E-state index contributed by atoms with van der Waals surface area (Å²) in [6.45, 7) is 0.308. The lowest BCUT2D eigenvalue weighted by Crippen LogP contribution is -2.35. The third-order valence-corrected chi connectivity index (χ3v) is 4.38. The van der Waals surface area contributed by atoms with E-state index < -0.39 is 5.91 Å². The number of hydrogen-bond acceptors (Lipinski definition) is 3. The number of rotatable bonds is 7. The van der Waals surface area contributed by atoms with Crippen LogP contribution >= 0.6 is 0 Å². The van der Waals surface area contributed by atoms with E-state index >= 15 is 0 Å². The molecule has 2 amide bonds. The summed E-state index contributed by atoms with van der Waals surface area (Å²) in [7, 11) is 1.93. The Hall–Kier alpha value is -3.38. The standard InChI is InChI=1S/C22H23N3O3/c1-25-15-17(18-10-5-6-11-20(18)25)14-19(22(28)23-12-7-13-26)24-21(27)16-8-3-2-4-9-16/h2-6,8-11,14-15,26H,7,12-13H2,1H3,(H,23,28)(H,24,27). The Bertz CT molecular complexity index is 1010. The van der Waals surface area contributed by atoms with Gasteiger partial charge < -0.3 is 20.3 Å². The number of hydrogen-bond donors (Lipinski definition) is 3. The highest BCUT2D eigenvalue weighted by atomic mass is 16.3. The van der Waals surface area contributed by atoms with E-state index in [-0.39, 0.29) is 18.2 Å². The van der Waals surface area contributed by atoms with Crippen LogP contribution < -0.4 is 10.6 Å². The molecule has 0 atom stereocenters. The monoisotopic (exact) mass is 377 g/mol. The number of para-hydroxylation sites is 1. The first-order chi connectivity index (χ1) is 13.6. The minimum atomic E-state index is -0.398. The molecular formula is C22H23N3O3. The Morgan fingerprint density at radius 1 is 1.07 bits per heavy atom. The van der Waals surface area contributed by atoms with E-state index in [2.05, 4.69) is 10.6 Å². The second kappa shape index (κ2) is 9.01. The Kier molecular flexibility index (Phi) is 6.24. The van der Waals surface area contributed by atoms with Gasteiger partial charge in [-0.25, -0.2) is 0 Å². The predicted molar refractivity (Wildman–Crippen MR) is 110 cm³/mol. The van der Waals surface area contributed by atoms with Gasteiger partial charge in [-0.1, -0.05) is 36.4 Å². The number of aromatic nitrogens is 1. The first-order valence-electron chi connectivity index (χ1n) is 9.11. The van der Waals surface area contributed by atoms with Gasteiger partial charge >= 0.3 is 0 Å². The van der Waals surface area contributed by atoms with Crippen molar-refractivity contribution in [2.75, 3.05) is 13.2 Å². The van der Waals surface area contributed by atoms with Gasteiger partial charge in [0.1, 0.15) is 5.70 Å². The van der Waals surface area contributed by atoms with E-state index in [0.717, 1.165) is 16.5 Å². The summed E-state index contributed by atoms with van der Waals surface area (Å²) in [5.41, 5.74) is 2.49. The molecule has 3 N–H and O–H groups in total.